The Bertz CT molecular complexity index is 992. The van der Waals surface area contributed by atoms with E-state index in [4.69, 9.17) is 9.47 Å². The van der Waals surface area contributed by atoms with Gasteiger partial charge in [0.2, 0.25) is 5.91 Å². The summed E-state index contributed by atoms with van der Waals surface area (Å²) in [6, 6.07) is 11.3. The molecule has 0 atom stereocenters. The van der Waals surface area contributed by atoms with E-state index in [1.807, 2.05) is 23.1 Å². The highest BCUT2D eigenvalue weighted by Gasteiger charge is 2.32. The van der Waals surface area contributed by atoms with Crippen LogP contribution in [0.25, 0.3) is 0 Å². The molecule has 0 N–H and O–H groups in total. The Kier molecular flexibility index (Phi) is 6.98. The van der Waals surface area contributed by atoms with Crippen molar-refractivity contribution in [2.45, 2.75) is 6.54 Å². The summed E-state index contributed by atoms with van der Waals surface area (Å²) in [6.45, 7) is 4.40. The molecule has 2 aliphatic heterocycles. The maximum Gasteiger partial charge on any atom is 0.325 e. The van der Waals surface area contributed by atoms with Gasteiger partial charge in [0, 0.05) is 57.1 Å². The minimum atomic E-state index is -0.346. The van der Waals surface area contributed by atoms with Crippen LogP contribution in [-0.2, 0) is 11.3 Å². The van der Waals surface area contributed by atoms with Crippen molar-refractivity contribution in [1.29, 1.82) is 0 Å². The molecule has 4 rings (SSSR count). The molecule has 33 heavy (non-hydrogen) atoms. The SMILES string of the molecule is COc1ccc(OC)c(CN2CCN(C(=O)CN3CCN(c4ccc(F)cc4)C3=O)CC2)c1. The molecule has 2 aromatic rings. The summed E-state index contributed by atoms with van der Waals surface area (Å²) in [4.78, 5) is 32.8. The Hall–Kier alpha value is -3.33. The summed E-state index contributed by atoms with van der Waals surface area (Å²) < 4.78 is 24.0. The van der Waals surface area contributed by atoms with Crippen LogP contribution in [0.5, 0.6) is 11.5 Å². The first-order chi connectivity index (χ1) is 16.0. The van der Waals surface area contributed by atoms with Crippen LogP contribution in [-0.4, -0.2) is 86.7 Å². The zero-order valence-corrected chi connectivity index (χ0v) is 19.0. The predicted molar refractivity (Wildman–Crippen MR) is 122 cm³/mol. The number of halogens is 1. The lowest BCUT2D eigenvalue weighted by atomic mass is 10.1. The Labute approximate surface area is 193 Å². The van der Waals surface area contributed by atoms with Crippen molar-refractivity contribution in [1.82, 2.24) is 14.7 Å². The van der Waals surface area contributed by atoms with Gasteiger partial charge in [-0.15, -0.1) is 0 Å². The third-order valence-electron chi connectivity index (χ3n) is 6.17. The van der Waals surface area contributed by atoms with E-state index in [9.17, 15) is 14.0 Å². The van der Waals surface area contributed by atoms with E-state index in [-0.39, 0.29) is 24.3 Å². The minimum absolute atomic E-state index is 0.0529. The van der Waals surface area contributed by atoms with Gasteiger partial charge >= 0.3 is 6.03 Å². The first-order valence-corrected chi connectivity index (χ1v) is 11.0. The van der Waals surface area contributed by atoms with Gasteiger partial charge in [-0.05, 0) is 42.5 Å². The fourth-order valence-electron chi connectivity index (χ4n) is 4.26. The molecule has 2 saturated heterocycles. The van der Waals surface area contributed by atoms with Crippen molar-refractivity contribution >= 4 is 17.6 Å². The summed E-state index contributed by atoms with van der Waals surface area (Å²) in [7, 11) is 3.29. The number of ether oxygens (including phenoxy) is 2. The number of piperazine rings is 1. The minimum Gasteiger partial charge on any atom is -0.497 e. The molecule has 0 bridgehead atoms. The van der Waals surface area contributed by atoms with E-state index < -0.39 is 0 Å². The number of rotatable bonds is 7. The highest BCUT2D eigenvalue weighted by atomic mass is 19.1. The molecule has 8 nitrogen and oxygen atoms in total. The van der Waals surface area contributed by atoms with Gasteiger partial charge in [-0.25, -0.2) is 9.18 Å². The number of benzene rings is 2. The largest absolute Gasteiger partial charge is 0.497 e. The highest BCUT2D eigenvalue weighted by molar-refractivity contribution is 5.96. The standard InChI is InChI=1S/C24H29FN4O4/c1-32-21-7-8-22(33-2)18(15-21)16-26-9-11-27(12-10-26)23(30)17-28-13-14-29(24(28)31)20-5-3-19(25)4-6-20/h3-8,15H,9-14,16-17H2,1-2H3. The fourth-order valence-corrected chi connectivity index (χ4v) is 4.26. The van der Waals surface area contributed by atoms with E-state index in [0.717, 1.165) is 30.2 Å². The van der Waals surface area contributed by atoms with Gasteiger partial charge in [0.15, 0.2) is 0 Å². The van der Waals surface area contributed by atoms with Crippen molar-refractivity contribution in [2.75, 3.05) is 64.9 Å². The monoisotopic (exact) mass is 456 g/mol. The van der Waals surface area contributed by atoms with Gasteiger partial charge in [-0.1, -0.05) is 0 Å². The van der Waals surface area contributed by atoms with E-state index in [0.29, 0.717) is 38.4 Å². The van der Waals surface area contributed by atoms with E-state index in [1.54, 1.807) is 36.2 Å². The molecule has 3 amide bonds. The second-order valence-corrected chi connectivity index (χ2v) is 8.17. The zero-order chi connectivity index (χ0) is 23.4. The summed E-state index contributed by atoms with van der Waals surface area (Å²) in [6.07, 6.45) is 0. The maximum absolute atomic E-state index is 13.2. The molecule has 176 valence electrons. The molecular formula is C24H29FN4O4. The van der Waals surface area contributed by atoms with Gasteiger partial charge in [-0.2, -0.15) is 0 Å². The van der Waals surface area contributed by atoms with Gasteiger partial charge in [0.05, 0.1) is 14.2 Å². The molecule has 0 saturated carbocycles. The lowest BCUT2D eigenvalue weighted by Gasteiger charge is -2.35. The number of hydrogen-bond acceptors (Lipinski definition) is 5. The first kappa shape index (κ1) is 22.8. The van der Waals surface area contributed by atoms with Crippen LogP contribution in [0, 0.1) is 5.82 Å². The van der Waals surface area contributed by atoms with Crippen LogP contribution < -0.4 is 14.4 Å². The molecule has 2 heterocycles. The van der Waals surface area contributed by atoms with Crippen LogP contribution in [0.15, 0.2) is 42.5 Å². The van der Waals surface area contributed by atoms with E-state index in [1.165, 1.54) is 12.1 Å². The van der Waals surface area contributed by atoms with Crippen molar-refractivity contribution < 1.29 is 23.5 Å². The molecule has 0 radical (unpaired) electrons. The van der Waals surface area contributed by atoms with Gasteiger partial charge < -0.3 is 19.3 Å². The molecule has 2 aliphatic rings. The molecule has 2 fully saturated rings. The van der Waals surface area contributed by atoms with Crippen LogP contribution in [0.3, 0.4) is 0 Å². The number of amides is 3. The number of methoxy groups -OCH3 is 2. The fraction of sp³-hybridized carbons (Fsp3) is 0.417. The molecule has 0 spiro atoms. The van der Waals surface area contributed by atoms with Crippen LogP contribution in [0.1, 0.15) is 5.56 Å². The summed E-state index contributed by atoms with van der Waals surface area (Å²) in [5, 5.41) is 0. The van der Waals surface area contributed by atoms with E-state index in [2.05, 4.69) is 4.90 Å². The average molecular weight is 457 g/mol. The molecule has 2 aromatic carbocycles. The maximum atomic E-state index is 13.2. The number of carbonyl (C=O) groups excluding carboxylic acids is 2. The van der Waals surface area contributed by atoms with Gasteiger partial charge in [0.25, 0.3) is 0 Å². The third-order valence-corrected chi connectivity index (χ3v) is 6.17. The molecular weight excluding hydrogens is 427 g/mol. The normalized spacial score (nSPS) is 16.9. The predicted octanol–water partition coefficient (Wildman–Crippen LogP) is 2.43. The molecule has 0 aromatic heterocycles. The smallest absolute Gasteiger partial charge is 0.325 e. The van der Waals surface area contributed by atoms with Crippen molar-refractivity contribution in [3.8, 4) is 11.5 Å². The van der Waals surface area contributed by atoms with Crippen molar-refractivity contribution in [3.05, 3.63) is 53.8 Å². The lowest BCUT2D eigenvalue weighted by Crippen LogP contribution is -2.51. The molecule has 9 heteroatoms. The quantitative estimate of drug-likeness (QED) is 0.640. The Morgan fingerprint density at radius 3 is 2.33 bits per heavy atom. The first-order valence-electron chi connectivity index (χ1n) is 11.0. The lowest BCUT2D eigenvalue weighted by molar-refractivity contribution is -0.133. The zero-order valence-electron chi connectivity index (χ0n) is 19.0. The summed E-state index contributed by atoms with van der Waals surface area (Å²) in [5.74, 6) is 1.20. The third kappa shape index (κ3) is 5.19. The Morgan fingerprint density at radius 2 is 1.67 bits per heavy atom. The van der Waals surface area contributed by atoms with Crippen molar-refractivity contribution in [2.24, 2.45) is 0 Å². The van der Waals surface area contributed by atoms with Gasteiger partial charge in [0.1, 0.15) is 23.9 Å². The van der Waals surface area contributed by atoms with Crippen LogP contribution in [0.4, 0.5) is 14.9 Å². The van der Waals surface area contributed by atoms with E-state index >= 15 is 0 Å². The average Bonchev–Trinajstić information content (AvgIpc) is 3.19. The number of hydrogen-bond donors (Lipinski definition) is 0. The summed E-state index contributed by atoms with van der Waals surface area (Å²) >= 11 is 0. The second-order valence-electron chi connectivity index (χ2n) is 8.17. The van der Waals surface area contributed by atoms with Gasteiger partial charge in [-0.3, -0.25) is 14.6 Å². The number of nitrogens with zero attached hydrogens (tertiary/aromatic N) is 4. The number of anilines is 1. The topological polar surface area (TPSA) is 65.6 Å². The Balaban J connectivity index is 1.28. The Morgan fingerprint density at radius 1 is 0.939 bits per heavy atom. The summed E-state index contributed by atoms with van der Waals surface area (Å²) in [5.41, 5.74) is 1.68. The molecule has 0 aliphatic carbocycles. The highest BCUT2D eigenvalue weighted by Crippen LogP contribution is 2.26. The van der Waals surface area contributed by atoms with Crippen LogP contribution >= 0.6 is 0 Å². The number of carbonyl (C=O) groups is 2. The van der Waals surface area contributed by atoms with Crippen molar-refractivity contribution in [3.63, 3.8) is 0 Å². The second kappa shape index (κ2) is 10.1. The van der Waals surface area contributed by atoms with Crippen LogP contribution in [0.2, 0.25) is 0 Å². The number of urea groups is 1. The molecule has 0 unspecified atom stereocenters.